The first-order valence-corrected chi connectivity index (χ1v) is 7.15. The lowest BCUT2D eigenvalue weighted by molar-refractivity contribution is -0.120. The number of hydrogen-bond acceptors (Lipinski definition) is 4. The molecule has 2 rings (SSSR count). The van der Waals surface area contributed by atoms with Crippen LogP contribution < -0.4 is 20.1 Å². The Bertz CT molecular complexity index is 449. The van der Waals surface area contributed by atoms with Crippen LogP contribution in [-0.2, 0) is 11.3 Å². The number of carbonyl (C=O) groups excluding carboxylic acids is 1. The zero-order valence-electron chi connectivity index (χ0n) is 11.9. The van der Waals surface area contributed by atoms with E-state index in [9.17, 15) is 4.79 Å². The molecular weight excluding hydrogens is 256 g/mol. The quantitative estimate of drug-likeness (QED) is 0.712. The minimum absolute atomic E-state index is 0.0131. The van der Waals surface area contributed by atoms with Gasteiger partial charge in [0, 0.05) is 6.54 Å². The van der Waals surface area contributed by atoms with Gasteiger partial charge in [-0.1, -0.05) is 25.8 Å². The van der Waals surface area contributed by atoms with E-state index in [0.29, 0.717) is 13.1 Å². The number of fused-ring (bicyclic) bond motifs is 1. The van der Waals surface area contributed by atoms with Crippen molar-refractivity contribution in [3.63, 3.8) is 0 Å². The summed E-state index contributed by atoms with van der Waals surface area (Å²) in [6.45, 7) is 4.20. The second kappa shape index (κ2) is 7.75. The fourth-order valence-electron chi connectivity index (χ4n) is 2.02. The summed E-state index contributed by atoms with van der Waals surface area (Å²) >= 11 is 0. The van der Waals surface area contributed by atoms with Crippen molar-refractivity contribution in [2.24, 2.45) is 0 Å². The molecule has 0 fully saturated rings. The highest BCUT2D eigenvalue weighted by atomic mass is 16.7. The average Bonchev–Trinajstić information content (AvgIpc) is 2.92. The third-order valence-electron chi connectivity index (χ3n) is 3.17. The van der Waals surface area contributed by atoms with Gasteiger partial charge in [0.1, 0.15) is 0 Å². The molecule has 0 atom stereocenters. The normalized spacial score (nSPS) is 12.4. The van der Waals surface area contributed by atoms with Gasteiger partial charge in [-0.05, 0) is 30.7 Å². The van der Waals surface area contributed by atoms with Gasteiger partial charge in [-0.2, -0.15) is 0 Å². The molecule has 1 aliphatic rings. The third kappa shape index (κ3) is 4.42. The standard InChI is InChI=1S/C15H22N2O3/c1-2-3-4-7-16-10-15(18)17-9-12-5-6-13-14(8-12)20-11-19-13/h5-6,8,16H,2-4,7,9-11H2,1H3,(H,17,18). The van der Waals surface area contributed by atoms with E-state index in [-0.39, 0.29) is 12.7 Å². The van der Waals surface area contributed by atoms with Crippen molar-refractivity contribution >= 4 is 5.91 Å². The first-order valence-electron chi connectivity index (χ1n) is 7.15. The first-order chi connectivity index (χ1) is 9.79. The number of hydrogen-bond donors (Lipinski definition) is 2. The van der Waals surface area contributed by atoms with E-state index in [1.165, 1.54) is 12.8 Å². The van der Waals surface area contributed by atoms with E-state index in [2.05, 4.69) is 17.6 Å². The zero-order valence-corrected chi connectivity index (χ0v) is 11.9. The van der Waals surface area contributed by atoms with Gasteiger partial charge >= 0.3 is 0 Å². The summed E-state index contributed by atoms with van der Waals surface area (Å²) in [6.07, 6.45) is 3.51. The Morgan fingerprint density at radius 2 is 2.10 bits per heavy atom. The number of benzene rings is 1. The highest BCUT2D eigenvalue weighted by molar-refractivity contribution is 5.77. The summed E-state index contributed by atoms with van der Waals surface area (Å²) in [4.78, 5) is 11.7. The van der Waals surface area contributed by atoms with Crippen molar-refractivity contribution in [2.75, 3.05) is 19.9 Å². The molecule has 0 aromatic heterocycles. The van der Waals surface area contributed by atoms with E-state index >= 15 is 0 Å². The number of rotatable bonds is 8. The topological polar surface area (TPSA) is 59.6 Å². The molecular formula is C15H22N2O3. The van der Waals surface area contributed by atoms with E-state index in [0.717, 1.165) is 30.0 Å². The summed E-state index contributed by atoms with van der Waals surface area (Å²) in [5.41, 5.74) is 1.01. The van der Waals surface area contributed by atoms with E-state index in [1.807, 2.05) is 18.2 Å². The van der Waals surface area contributed by atoms with Gasteiger partial charge in [-0.15, -0.1) is 0 Å². The second-order valence-electron chi connectivity index (χ2n) is 4.85. The minimum atomic E-state index is 0.0131. The van der Waals surface area contributed by atoms with Crippen molar-refractivity contribution in [1.29, 1.82) is 0 Å². The van der Waals surface area contributed by atoms with Gasteiger partial charge in [0.2, 0.25) is 12.7 Å². The SMILES string of the molecule is CCCCCNCC(=O)NCc1ccc2c(c1)OCO2. The Morgan fingerprint density at radius 3 is 2.95 bits per heavy atom. The maximum Gasteiger partial charge on any atom is 0.234 e. The van der Waals surface area contributed by atoms with Crippen LogP contribution >= 0.6 is 0 Å². The molecule has 110 valence electrons. The van der Waals surface area contributed by atoms with Gasteiger partial charge in [-0.25, -0.2) is 0 Å². The monoisotopic (exact) mass is 278 g/mol. The first kappa shape index (κ1) is 14.7. The summed E-state index contributed by atoms with van der Waals surface area (Å²) in [6, 6.07) is 5.70. The number of carbonyl (C=O) groups is 1. The number of ether oxygens (including phenoxy) is 2. The highest BCUT2D eigenvalue weighted by Gasteiger charge is 2.13. The lowest BCUT2D eigenvalue weighted by atomic mass is 10.2. The lowest BCUT2D eigenvalue weighted by Gasteiger charge is -2.07. The number of unbranched alkanes of at least 4 members (excludes halogenated alkanes) is 2. The minimum Gasteiger partial charge on any atom is -0.454 e. The van der Waals surface area contributed by atoms with Crippen molar-refractivity contribution in [1.82, 2.24) is 10.6 Å². The van der Waals surface area contributed by atoms with Crippen LogP contribution in [0.5, 0.6) is 11.5 Å². The van der Waals surface area contributed by atoms with Gasteiger partial charge < -0.3 is 20.1 Å². The summed E-state index contributed by atoms with van der Waals surface area (Å²) in [7, 11) is 0. The van der Waals surface area contributed by atoms with Crippen molar-refractivity contribution < 1.29 is 14.3 Å². The van der Waals surface area contributed by atoms with Crippen LogP contribution in [0.15, 0.2) is 18.2 Å². The molecule has 5 nitrogen and oxygen atoms in total. The van der Waals surface area contributed by atoms with Crippen molar-refractivity contribution in [3.8, 4) is 11.5 Å². The summed E-state index contributed by atoms with van der Waals surface area (Å²) in [5, 5.41) is 6.02. The summed E-state index contributed by atoms with van der Waals surface area (Å²) in [5.74, 6) is 1.52. The van der Waals surface area contributed by atoms with Gasteiger partial charge in [0.05, 0.1) is 6.54 Å². The fraction of sp³-hybridized carbons (Fsp3) is 0.533. The van der Waals surface area contributed by atoms with Crippen molar-refractivity contribution in [2.45, 2.75) is 32.7 Å². The molecule has 5 heteroatoms. The maximum absolute atomic E-state index is 11.7. The Hall–Kier alpha value is -1.75. The molecule has 1 amide bonds. The Balaban J connectivity index is 1.66. The van der Waals surface area contributed by atoms with E-state index in [1.54, 1.807) is 0 Å². The lowest BCUT2D eigenvalue weighted by Crippen LogP contribution is -2.33. The number of nitrogens with one attached hydrogen (secondary N) is 2. The highest BCUT2D eigenvalue weighted by Crippen LogP contribution is 2.32. The van der Waals surface area contributed by atoms with Gasteiger partial charge in [0.15, 0.2) is 11.5 Å². The zero-order chi connectivity index (χ0) is 14.2. The number of amides is 1. The molecule has 0 radical (unpaired) electrons. The molecule has 1 aromatic carbocycles. The van der Waals surface area contributed by atoms with Gasteiger partial charge in [-0.3, -0.25) is 4.79 Å². The van der Waals surface area contributed by atoms with Crippen LogP contribution in [0.25, 0.3) is 0 Å². The molecule has 20 heavy (non-hydrogen) atoms. The molecule has 1 aromatic rings. The third-order valence-corrected chi connectivity index (χ3v) is 3.17. The molecule has 1 heterocycles. The van der Waals surface area contributed by atoms with E-state index < -0.39 is 0 Å². The van der Waals surface area contributed by atoms with Gasteiger partial charge in [0.25, 0.3) is 0 Å². The largest absolute Gasteiger partial charge is 0.454 e. The Morgan fingerprint density at radius 1 is 1.25 bits per heavy atom. The molecule has 1 aliphatic heterocycles. The van der Waals surface area contributed by atoms with Crippen LogP contribution in [0.2, 0.25) is 0 Å². The maximum atomic E-state index is 11.7. The smallest absolute Gasteiger partial charge is 0.234 e. The van der Waals surface area contributed by atoms with Crippen LogP contribution in [-0.4, -0.2) is 25.8 Å². The van der Waals surface area contributed by atoms with Crippen LogP contribution in [0, 0.1) is 0 Å². The fourth-order valence-corrected chi connectivity index (χ4v) is 2.02. The summed E-state index contributed by atoms with van der Waals surface area (Å²) < 4.78 is 10.5. The molecule has 0 bridgehead atoms. The Labute approximate surface area is 119 Å². The molecule has 0 spiro atoms. The van der Waals surface area contributed by atoms with Crippen LogP contribution in [0.1, 0.15) is 31.7 Å². The van der Waals surface area contributed by atoms with E-state index in [4.69, 9.17) is 9.47 Å². The predicted octanol–water partition coefficient (Wildman–Crippen LogP) is 1.81. The molecule has 0 aliphatic carbocycles. The van der Waals surface area contributed by atoms with Crippen LogP contribution in [0.3, 0.4) is 0 Å². The average molecular weight is 278 g/mol. The molecule has 0 saturated carbocycles. The van der Waals surface area contributed by atoms with Crippen molar-refractivity contribution in [3.05, 3.63) is 23.8 Å². The Kier molecular flexibility index (Phi) is 5.68. The molecule has 0 saturated heterocycles. The molecule has 0 unspecified atom stereocenters. The van der Waals surface area contributed by atoms with Crippen LogP contribution in [0.4, 0.5) is 0 Å². The predicted molar refractivity (Wildman–Crippen MR) is 76.8 cm³/mol. The molecule has 2 N–H and O–H groups in total. The second-order valence-corrected chi connectivity index (χ2v) is 4.85.